The summed E-state index contributed by atoms with van der Waals surface area (Å²) in [5, 5.41) is 11.6. The first-order valence-electron chi connectivity index (χ1n) is 7.13. The summed E-state index contributed by atoms with van der Waals surface area (Å²) >= 11 is 5.85. The van der Waals surface area contributed by atoms with Gasteiger partial charge in [0, 0.05) is 5.02 Å². The molecule has 3 rings (SSSR count). The SMILES string of the molecule is O=c1oc2ccccc2c(O)c1CCCc1ccc(Cl)cc1. The third-order valence-electron chi connectivity index (χ3n) is 3.68. The minimum Gasteiger partial charge on any atom is -0.507 e. The first-order valence-corrected chi connectivity index (χ1v) is 7.51. The van der Waals surface area contributed by atoms with Gasteiger partial charge in [-0.1, -0.05) is 35.9 Å². The summed E-state index contributed by atoms with van der Waals surface area (Å²) in [5.41, 5.74) is 1.43. The predicted octanol–water partition coefficient (Wildman–Crippen LogP) is 4.33. The molecule has 0 aliphatic heterocycles. The van der Waals surface area contributed by atoms with Crippen molar-refractivity contribution >= 4 is 22.6 Å². The highest BCUT2D eigenvalue weighted by Crippen LogP contribution is 2.26. The van der Waals surface area contributed by atoms with Crippen molar-refractivity contribution in [2.24, 2.45) is 0 Å². The lowest BCUT2D eigenvalue weighted by Gasteiger charge is -2.06. The van der Waals surface area contributed by atoms with Crippen LogP contribution in [-0.4, -0.2) is 5.11 Å². The highest BCUT2D eigenvalue weighted by Gasteiger charge is 2.13. The van der Waals surface area contributed by atoms with Crippen LogP contribution >= 0.6 is 11.6 Å². The van der Waals surface area contributed by atoms with Crippen molar-refractivity contribution in [3.8, 4) is 5.75 Å². The maximum Gasteiger partial charge on any atom is 0.343 e. The van der Waals surface area contributed by atoms with Gasteiger partial charge in [-0.2, -0.15) is 0 Å². The van der Waals surface area contributed by atoms with E-state index in [0.29, 0.717) is 28.0 Å². The van der Waals surface area contributed by atoms with E-state index >= 15 is 0 Å². The van der Waals surface area contributed by atoms with Crippen molar-refractivity contribution in [2.75, 3.05) is 0 Å². The molecule has 0 fully saturated rings. The fourth-order valence-corrected chi connectivity index (χ4v) is 2.64. The molecule has 2 aromatic carbocycles. The van der Waals surface area contributed by atoms with Crippen molar-refractivity contribution < 1.29 is 9.52 Å². The number of rotatable bonds is 4. The summed E-state index contributed by atoms with van der Waals surface area (Å²) < 4.78 is 5.26. The molecule has 112 valence electrons. The van der Waals surface area contributed by atoms with Gasteiger partial charge in [0.1, 0.15) is 11.3 Å². The van der Waals surface area contributed by atoms with Crippen LogP contribution in [0.2, 0.25) is 5.02 Å². The Bertz CT molecular complexity index is 850. The van der Waals surface area contributed by atoms with E-state index in [-0.39, 0.29) is 5.75 Å². The summed E-state index contributed by atoms with van der Waals surface area (Å²) in [6.45, 7) is 0. The summed E-state index contributed by atoms with van der Waals surface area (Å²) in [6, 6.07) is 14.6. The number of aromatic hydroxyl groups is 1. The second-order valence-electron chi connectivity index (χ2n) is 5.19. The van der Waals surface area contributed by atoms with Gasteiger partial charge in [0.15, 0.2) is 0 Å². The molecule has 0 unspecified atom stereocenters. The summed E-state index contributed by atoms with van der Waals surface area (Å²) in [7, 11) is 0. The van der Waals surface area contributed by atoms with Crippen molar-refractivity contribution in [1.29, 1.82) is 0 Å². The van der Waals surface area contributed by atoms with Gasteiger partial charge in [0.05, 0.1) is 10.9 Å². The lowest BCUT2D eigenvalue weighted by atomic mass is 10.0. The van der Waals surface area contributed by atoms with Crippen LogP contribution in [0, 0.1) is 0 Å². The number of benzene rings is 2. The molecule has 4 heteroatoms. The Hall–Kier alpha value is -2.26. The molecule has 0 atom stereocenters. The minimum absolute atomic E-state index is 0.0305. The van der Waals surface area contributed by atoms with Crippen LogP contribution in [0.15, 0.2) is 57.7 Å². The molecule has 0 saturated carbocycles. The van der Waals surface area contributed by atoms with E-state index in [4.69, 9.17) is 16.0 Å². The third kappa shape index (κ3) is 3.00. The highest BCUT2D eigenvalue weighted by molar-refractivity contribution is 6.30. The van der Waals surface area contributed by atoms with E-state index in [1.165, 1.54) is 0 Å². The minimum atomic E-state index is -0.465. The Kier molecular flexibility index (Phi) is 4.16. The Morgan fingerprint density at radius 3 is 2.50 bits per heavy atom. The number of para-hydroxylation sites is 1. The smallest absolute Gasteiger partial charge is 0.343 e. The number of hydrogen-bond donors (Lipinski definition) is 1. The number of fused-ring (bicyclic) bond motifs is 1. The summed E-state index contributed by atoms with van der Waals surface area (Å²) in [5.74, 6) is 0.0305. The molecule has 1 N–H and O–H groups in total. The number of halogens is 1. The van der Waals surface area contributed by atoms with Gasteiger partial charge in [0.2, 0.25) is 0 Å². The van der Waals surface area contributed by atoms with Gasteiger partial charge in [-0.05, 0) is 49.1 Å². The lowest BCUT2D eigenvalue weighted by Crippen LogP contribution is -2.08. The maximum atomic E-state index is 12.0. The molecule has 3 aromatic rings. The third-order valence-corrected chi connectivity index (χ3v) is 3.93. The second kappa shape index (κ2) is 6.24. The van der Waals surface area contributed by atoms with Gasteiger partial charge in [-0.15, -0.1) is 0 Å². The standard InChI is InChI=1S/C18H15ClO3/c19-13-10-8-12(9-11-13)4-3-6-15-17(20)14-5-1-2-7-16(14)22-18(15)21/h1-2,5,7-11,20H,3-4,6H2. The van der Waals surface area contributed by atoms with Gasteiger partial charge in [0.25, 0.3) is 0 Å². The normalized spacial score (nSPS) is 11.0. The molecule has 0 radical (unpaired) electrons. The van der Waals surface area contributed by atoms with Crippen LogP contribution in [0.1, 0.15) is 17.5 Å². The van der Waals surface area contributed by atoms with E-state index < -0.39 is 5.63 Å². The molecule has 0 aliphatic carbocycles. The Balaban J connectivity index is 1.79. The Labute approximate surface area is 132 Å². The van der Waals surface area contributed by atoms with Crippen LogP contribution < -0.4 is 5.63 Å². The fraction of sp³-hybridized carbons (Fsp3) is 0.167. The van der Waals surface area contributed by atoms with Crippen molar-refractivity contribution in [3.05, 3.63) is 75.1 Å². The summed E-state index contributed by atoms with van der Waals surface area (Å²) in [6.07, 6.45) is 2.03. The van der Waals surface area contributed by atoms with Crippen LogP contribution in [0.5, 0.6) is 5.75 Å². The largest absolute Gasteiger partial charge is 0.507 e. The molecule has 0 amide bonds. The van der Waals surface area contributed by atoms with E-state index in [9.17, 15) is 9.90 Å². The number of hydrogen-bond acceptors (Lipinski definition) is 3. The van der Waals surface area contributed by atoms with Crippen LogP contribution in [0.4, 0.5) is 0 Å². The molecule has 22 heavy (non-hydrogen) atoms. The monoisotopic (exact) mass is 314 g/mol. The predicted molar refractivity (Wildman–Crippen MR) is 87.6 cm³/mol. The zero-order chi connectivity index (χ0) is 15.5. The van der Waals surface area contributed by atoms with Gasteiger partial charge in [-0.3, -0.25) is 0 Å². The highest BCUT2D eigenvalue weighted by atomic mass is 35.5. The summed E-state index contributed by atoms with van der Waals surface area (Å²) in [4.78, 5) is 12.0. The molecule has 1 heterocycles. The molecule has 0 saturated heterocycles. The zero-order valence-electron chi connectivity index (χ0n) is 11.9. The molecule has 0 aliphatic rings. The zero-order valence-corrected chi connectivity index (χ0v) is 12.6. The average molecular weight is 315 g/mol. The maximum absolute atomic E-state index is 12.0. The Morgan fingerprint density at radius 2 is 1.73 bits per heavy atom. The van der Waals surface area contributed by atoms with Crippen molar-refractivity contribution in [2.45, 2.75) is 19.3 Å². The first kappa shape index (κ1) is 14.7. The molecular formula is C18H15ClO3. The molecule has 1 aromatic heterocycles. The number of aryl methyl sites for hydroxylation is 1. The fourth-order valence-electron chi connectivity index (χ4n) is 2.51. The lowest BCUT2D eigenvalue weighted by molar-refractivity contribution is 0.455. The van der Waals surface area contributed by atoms with Crippen LogP contribution in [0.25, 0.3) is 11.0 Å². The van der Waals surface area contributed by atoms with Gasteiger partial charge >= 0.3 is 5.63 Å². The quantitative estimate of drug-likeness (QED) is 0.729. The van der Waals surface area contributed by atoms with Gasteiger partial charge in [-0.25, -0.2) is 4.79 Å². The average Bonchev–Trinajstić information content (AvgIpc) is 2.52. The van der Waals surface area contributed by atoms with Crippen LogP contribution in [0.3, 0.4) is 0 Å². The van der Waals surface area contributed by atoms with Crippen molar-refractivity contribution in [1.82, 2.24) is 0 Å². The second-order valence-corrected chi connectivity index (χ2v) is 5.63. The van der Waals surface area contributed by atoms with Crippen molar-refractivity contribution in [3.63, 3.8) is 0 Å². The van der Waals surface area contributed by atoms with Gasteiger partial charge < -0.3 is 9.52 Å². The van der Waals surface area contributed by atoms with E-state index in [2.05, 4.69) is 0 Å². The Morgan fingerprint density at radius 1 is 1.00 bits per heavy atom. The molecule has 0 spiro atoms. The van der Waals surface area contributed by atoms with E-state index in [0.717, 1.165) is 18.4 Å². The topological polar surface area (TPSA) is 50.4 Å². The molecule has 0 bridgehead atoms. The molecule has 3 nitrogen and oxygen atoms in total. The molecular weight excluding hydrogens is 300 g/mol. The first-order chi connectivity index (χ1) is 10.6. The van der Waals surface area contributed by atoms with E-state index in [1.807, 2.05) is 24.3 Å². The van der Waals surface area contributed by atoms with E-state index in [1.54, 1.807) is 24.3 Å². The van der Waals surface area contributed by atoms with Crippen LogP contribution in [-0.2, 0) is 12.8 Å².